The number of aromatic nitrogens is 1. The monoisotopic (exact) mass is 431 g/mol. The van der Waals surface area contributed by atoms with Crippen LogP contribution in [0.3, 0.4) is 0 Å². The molecule has 1 unspecified atom stereocenters. The van der Waals surface area contributed by atoms with Gasteiger partial charge in [-0.1, -0.05) is 35.6 Å². The third-order valence-corrected chi connectivity index (χ3v) is 5.67. The summed E-state index contributed by atoms with van der Waals surface area (Å²) in [6, 6.07) is 14.6. The third kappa shape index (κ3) is 4.09. The van der Waals surface area contributed by atoms with Gasteiger partial charge in [0, 0.05) is 17.3 Å². The van der Waals surface area contributed by atoms with Crippen LogP contribution in [0.1, 0.15) is 24.1 Å². The van der Waals surface area contributed by atoms with Crippen molar-refractivity contribution in [1.29, 1.82) is 0 Å². The molecule has 4 rings (SSSR count). The van der Waals surface area contributed by atoms with Gasteiger partial charge in [0.2, 0.25) is 0 Å². The number of halogens is 4. The second kappa shape index (κ2) is 7.60. The Morgan fingerprint density at radius 1 is 1.00 bits per heavy atom. The SMILES string of the molecule is CC(Nc1cc(C(F)(F)F)ccc1-c1ccc2sc(N)nc2c1)c1ccc(F)cc1. The second-order valence-corrected chi connectivity index (χ2v) is 7.97. The lowest BCUT2D eigenvalue weighted by Gasteiger charge is -2.20. The Kier molecular flexibility index (Phi) is 5.11. The van der Waals surface area contributed by atoms with E-state index in [2.05, 4.69) is 10.3 Å². The first-order chi connectivity index (χ1) is 14.2. The number of nitrogens with two attached hydrogens (primary N) is 1. The van der Waals surface area contributed by atoms with Gasteiger partial charge in [-0.05, 0) is 54.4 Å². The normalized spacial score (nSPS) is 12.8. The van der Waals surface area contributed by atoms with Crippen LogP contribution in [0.25, 0.3) is 21.3 Å². The number of nitrogens with zero attached hydrogens (tertiary/aromatic N) is 1. The molecule has 0 aliphatic rings. The first kappa shape index (κ1) is 20.2. The molecule has 0 bridgehead atoms. The summed E-state index contributed by atoms with van der Waals surface area (Å²) >= 11 is 1.35. The summed E-state index contributed by atoms with van der Waals surface area (Å²) in [5, 5.41) is 3.57. The highest BCUT2D eigenvalue weighted by atomic mass is 32.1. The zero-order valence-corrected chi connectivity index (χ0v) is 16.6. The fourth-order valence-corrected chi connectivity index (χ4v) is 3.99. The number of hydrogen-bond acceptors (Lipinski definition) is 4. The highest BCUT2D eigenvalue weighted by Gasteiger charge is 2.31. The molecule has 1 atom stereocenters. The Morgan fingerprint density at radius 2 is 1.73 bits per heavy atom. The van der Waals surface area contributed by atoms with Gasteiger partial charge in [-0.2, -0.15) is 13.2 Å². The molecule has 1 heterocycles. The summed E-state index contributed by atoms with van der Waals surface area (Å²) in [6.45, 7) is 1.81. The van der Waals surface area contributed by atoms with Crippen LogP contribution in [0, 0.1) is 5.82 Å². The predicted molar refractivity (Wildman–Crippen MR) is 113 cm³/mol. The minimum absolute atomic E-state index is 0.323. The molecule has 8 heteroatoms. The molecule has 4 aromatic rings. The average Bonchev–Trinajstić information content (AvgIpc) is 3.07. The van der Waals surface area contributed by atoms with Gasteiger partial charge < -0.3 is 11.1 Å². The number of anilines is 2. The molecule has 0 amide bonds. The van der Waals surface area contributed by atoms with Crippen LogP contribution in [0.2, 0.25) is 0 Å². The molecule has 154 valence electrons. The minimum atomic E-state index is -4.47. The second-order valence-electron chi connectivity index (χ2n) is 6.91. The van der Waals surface area contributed by atoms with Gasteiger partial charge in [-0.25, -0.2) is 9.37 Å². The smallest absolute Gasteiger partial charge is 0.378 e. The van der Waals surface area contributed by atoms with Gasteiger partial charge in [-0.3, -0.25) is 0 Å². The van der Waals surface area contributed by atoms with Crippen LogP contribution in [0.15, 0.2) is 60.7 Å². The number of hydrogen-bond donors (Lipinski definition) is 2. The van der Waals surface area contributed by atoms with E-state index in [-0.39, 0.29) is 11.9 Å². The molecular formula is C22H17F4N3S. The molecule has 30 heavy (non-hydrogen) atoms. The number of alkyl halides is 3. The first-order valence-electron chi connectivity index (χ1n) is 9.10. The zero-order chi connectivity index (χ0) is 21.5. The highest BCUT2D eigenvalue weighted by Crippen LogP contribution is 2.38. The standard InChI is InChI=1S/C22H17F4N3S/c1-12(13-2-6-16(23)7-3-13)28-18-11-15(22(24,25)26)5-8-17(18)14-4-9-20-19(10-14)29-21(27)30-20/h2-12,28H,1H3,(H2,27,29). The number of rotatable bonds is 4. The summed E-state index contributed by atoms with van der Waals surface area (Å²) in [7, 11) is 0. The number of fused-ring (bicyclic) bond motifs is 1. The van der Waals surface area contributed by atoms with Gasteiger partial charge in [0.05, 0.1) is 15.8 Å². The Bertz CT molecular complexity index is 1200. The number of nitrogens with one attached hydrogen (secondary N) is 1. The Hall–Kier alpha value is -3.13. The summed E-state index contributed by atoms with van der Waals surface area (Å²) < 4.78 is 54.1. The van der Waals surface area contributed by atoms with Crippen LogP contribution in [-0.4, -0.2) is 4.98 Å². The van der Waals surface area contributed by atoms with Crippen molar-refractivity contribution < 1.29 is 17.6 Å². The molecule has 0 saturated heterocycles. The molecule has 0 fully saturated rings. The summed E-state index contributed by atoms with van der Waals surface area (Å²) in [5.41, 5.74) is 8.09. The average molecular weight is 431 g/mol. The largest absolute Gasteiger partial charge is 0.416 e. The van der Waals surface area contributed by atoms with Crippen molar-refractivity contribution >= 4 is 32.4 Å². The van der Waals surface area contributed by atoms with Crippen molar-refractivity contribution in [3.8, 4) is 11.1 Å². The van der Waals surface area contributed by atoms with Crippen LogP contribution < -0.4 is 11.1 Å². The van der Waals surface area contributed by atoms with Crippen LogP contribution in [0.4, 0.5) is 28.4 Å². The molecule has 0 aliphatic heterocycles. The maximum absolute atomic E-state index is 13.3. The Labute approximate surface area is 174 Å². The molecular weight excluding hydrogens is 414 g/mol. The van der Waals surface area contributed by atoms with Crippen LogP contribution >= 0.6 is 11.3 Å². The van der Waals surface area contributed by atoms with E-state index in [0.717, 1.165) is 28.0 Å². The lowest BCUT2D eigenvalue weighted by molar-refractivity contribution is -0.137. The lowest BCUT2D eigenvalue weighted by Crippen LogP contribution is -2.10. The molecule has 3 N–H and O–H groups in total. The molecule has 0 spiro atoms. The number of nitrogen functional groups attached to an aromatic ring is 1. The van der Waals surface area contributed by atoms with Gasteiger partial charge in [0.1, 0.15) is 5.82 Å². The van der Waals surface area contributed by atoms with Gasteiger partial charge in [0.25, 0.3) is 0 Å². The van der Waals surface area contributed by atoms with E-state index in [9.17, 15) is 17.6 Å². The van der Waals surface area contributed by atoms with E-state index >= 15 is 0 Å². The number of benzene rings is 3. The zero-order valence-electron chi connectivity index (χ0n) is 15.8. The molecule has 0 radical (unpaired) electrons. The Morgan fingerprint density at radius 3 is 2.43 bits per heavy atom. The molecule has 0 saturated carbocycles. The van der Waals surface area contributed by atoms with Crippen molar-refractivity contribution in [1.82, 2.24) is 4.98 Å². The summed E-state index contributed by atoms with van der Waals surface area (Å²) in [5.74, 6) is -0.374. The van der Waals surface area contributed by atoms with E-state index in [1.807, 2.05) is 19.1 Å². The Balaban J connectivity index is 1.77. The molecule has 0 aliphatic carbocycles. The fraction of sp³-hybridized carbons (Fsp3) is 0.136. The maximum atomic E-state index is 13.3. The molecule has 3 aromatic carbocycles. The van der Waals surface area contributed by atoms with Crippen molar-refractivity contribution in [2.45, 2.75) is 19.1 Å². The van der Waals surface area contributed by atoms with Crippen LogP contribution in [-0.2, 0) is 6.18 Å². The van der Waals surface area contributed by atoms with Crippen molar-refractivity contribution in [3.05, 3.63) is 77.6 Å². The summed E-state index contributed by atoms with van der Waals surface area (Å²) in [4.78, 5) is 4.26. The van der Waals surface area contributed by atoms with E-state index in [1.165, 1.54) is 29.5 Å². The van der Waals surface area contributed by atoms with Gasteiger partial charge in [0.15, 0.2) is 5.13 Å². The van der Waals surface area contributed by atoms with Gasteiger partial charge in [-0.15, -0.1) is 0 Å². The maximum Gasteiger partial charge on any atom is 0.416 e. The first-order valence-corrected chi connectivity index (χ1v) is 9.92. The van der Waals surface area contributed by atoms with E-state index < -0.39 is 11.7 Å². The molecule has 3 nitrogen and oxygen atoms in total. The van der Waals surface area contributed by atoms with Gasteiger partial charge >= 0.3 is 6.18 Å². The molecule has 1 aromatic heterocycles. The quantitative estimate of drug-likeness (QED) is 0.347. The number of thiazole rings is 1. The van der Waals surface area contributed by atoms with Crippen LogP contribution in [0.5, 0.6) is 0 Å². The third-order valence-electron chi connectivity index (χ3n) is 4.80. The van der Waals surface area contributed by atoms with Crippen molar-refractivity contribution in [2.75, 3.05) is 11.1 Å². The van der Waals surface area contributed by atoms with E-state index in [0.29, 0.717) is 21.9 Å². The van der Waals surface area contributed by atoms with Crippen molar-refractivity contribution in [2.24, 2.45) is 0 Å². The topological polar surface area (TPSA) is 50.9 Å². The van der Waals surface area contributed by atoms with E-state index in [4.69, 9.17) is 5.73 Å². The van der Waals surface area contributed by atoms with E-state index in [1.54, 1.807) is 18.2 Å². The van der Waals surface area contributed by atoms with Crippen molar-refractivity contribution in [3.63, 3.8) is 0 Å². The highest BCUT2D eigenvalue weighted by molar-refractivity contribution is 7.22. The predicted octanol–water partition coefficient (Wildman–Crippen LogP) is 6.88. The fourth-order valence-electron chi connectivity index (χ4n) is 3.27. The lowest BCUT2D eigenvalue weighted by atomic mass is 9.99. The minimum Gasteiger partial charge on any atom is -0.378 e. The summed E-state index contributed by atoms with van der Waals surface area (Å²) in [6.07, 6.45) is -4.47.